The van der Waals surface area contributed by atoms with E-state index in [2.05, 4.69) is 74.6 Å². The van der Waals surface area contributed by atoms with Crippen molar-refractivity contribution < 1.29 is 5.11 Å². The molecule has 1 saturated heterocycles. The maximum absolute atomic E-state index is 9.62. The second-order valence-electron chi connectivity index (χ2n) is 8.16. The topological polar surface area (TPSA) is 55.4 Å². The summed E-state index contributed by atoms with van der Waals surface area (Å²) in [5, 5.41) is 17.1. The maximum atomic E-state index is 9.62. The molecule has 2 aromatic carbocycles. The van der Waals surface area contributed by atoms with Crippen molar-refractivity contribution in [1.82, 2.24) is 20.0 Å². The second-order valence-corrected chi connectivity index (χ2v) is 8.16. The summed E-state index contributed by atoms with van der Waals surface area (Å²) in [4.78, 5) is 5.08. The van der Waals surface area contributed by atoms with Gasteiger partial charge in [0.05, 0.1) is 11.9 Å². The van der Waals surface area contributed by atoms with E-state index in [1.54, 1.807) is 0 Å². The Kier molecular flexibility index (Phi) is 7.29. The highest BCUT2D eigenvalue weighted by Gasteiger charge is 2.27. The monoisotopic (exact) mass is 404 g/mol. The molecule has 2 heterocycles. The average Bonchev–Trinajstić information content (AvgIpc) is 3.25. The van der Waals surface area contributed by atoms with Crippen molar-refractivity contribution in [3.63, 3.8) is 0 Å². The first kappa shape index (κ1) is 20.8. The Hall–Kier alpha value is -2.47. The smallest absolute Gasteiger partial charge is 0.0695 e. The zero-order valence-electron chi connectivity index (χ0n) is 17.6. The summed E-state index contributed by atoms with van der Waals surface area (Å²) in [7, 11) is 0. The number of aryl methyl sites for hydroxylation is 1. The van der Waals surface area contributed by atoms with E-state index in [-0.39, 0.29) is 6.61 Å². The van der Waals surface area contributed by atoms with E-state index in [1.165, 1.54) is 16.7 Å². The lowest BCUT2D eigenvalue weighted by Gasteiger charge is -2.41. The number of piperazine rings is 1. The van der Waals surface area contributed by atoms with Gasteiger partial charge in [-0.05, 0) is 36.9 Å². The molecule has 1 aliphatic heterocycles. The molecule has 0 unspecified atom stereocenters. The first-order chi connectivity index (χ1) is 14.8. The summed E-state index contributed by atoms with van der Waals surface area (Å²) >= 11 is 0. The summed E-state index contributed by atoms with van der Waals surface area (Å²) in [6, 6.07) is 21.5. The van der Waals surface area contributed by atoms with Gasteiger partial charge in [-0.2, -0.15) is 5.10 Å². The number of benzene rings is 2. The molecule has 1 aromatic heterocycles. The Morgan fingerprint density at radius 2 is 1.77 bits per heavy atom. The quantitative estimate of drug-likeness (QED) is 0.572. The number of aliphatic hydroxyl groups is 1. The maximum Gasteiger partial charge on any atom is 0.0695 e. The number of aliphatic hydroxyl groups excluding tert-OH is 1. The third kappa shape index (κ3) is 5.36. The van der Waals surface area contributed by atoms with Gasteiger partial charge in [0.25, 0.3) is 0 Å². The Morgan fingerprint density at radius 1 is 1.00 bits per heavy atom. The molecule has 0 bridgehead atoms. The van der Waals surface area contributed by atoms with Crippen LogP contribution in [0.2, 0.25) is 0 Å². The number of H-pyrrole nitrogens is 1. The lowest BCUT2D eigenvalue weighted by Crippen LogP contribution is -2.53. The lowest BCUT2D eigenvalue weighted by molar-refractivity contribution is 0.0547. The molecule has 1 atom stereocenters. The highest BCUT2D eigenvalue weighted by atomic mass is 16.3. The third-order valence-electron chi connectivity index (χ3n) is 6.08. The van der Waals surface area contributed by atoms with E-state index in [1.807, 2.05) is 12.3 Å². The van der Waals surface area contributed by atoms with Gasteiger partial charge < -0.3 is 5.11 Å². The number of aromatic nitrogens is 2. The van der Waals surface area contributed by atoms with E-state index in [0.717, 1.165) is 57.7 Å². The van der Waals surface area contributed by atoms with E-state index in [4.69, 9.17) is 0 Å². The molecule has 0 radical (unpaired) electrons. The molecule has 4 rings (SSSR count). The minimum atomic E-state index is 0.245. The number of nitrogens with one attached hydrogen (secondary N) is 1. The third-order valence-corrected chi connectivity index (χ3v) is 6.08. The SMILES string of the molecule is OCC[C@@H]1CN(Cc2cn[nH]c2-c2ccccc2)CCN1CCCc1ccccc1. The number of aromatic amines is 1. The summed E-state index contributed by atoms with van der Waals surface area (Å²) < 4.78 is 0. The summed E-state index contributed by atoms with van der Waals surface area (Å²) in [5.74, 6) is 0. The summed E-state index contributed by atoms with van der Waals surface area (Å²) in [5.41, 5.74) is 4.93. The fourth-order valence-electron chi connectivity index (χ4n) is 4.48. The molecule has 5 nitrogen and oxygen atoms in total. The molecule has 5 heteroatoms. The molecule has 0 aliphatic carbocycles. The van der Waals surface area contributed by atoms with Crippen LogP contribution < -0.4 is 0 Å². The fraction of sp³-hybridized carbons (Fsp3) is 0.400. The van der Waals surface area contributed by atoms with Gasteiger partial charge in [-0.25, -0.2) is 0 Å². The van der Waals surface area contributed by atoms with Gasteiger partial charge in [-0.1, -0.05) is 60.7 Å². The van der Waals surface area contributed by atoms with Crippen molar-refractivity contribution >= 4 is 0 Å². The van der Waals surface area contributed by atoms with Crippen LogP contribution in [0.3, 0.4) is 0 Å². The molecule has 158 valence electrons. The minimum Gasteiger partial charge on any atom is -0.396 e. The molecule has 0 spiro atoms. The van der Waals surface area contributed by atoms with Crippen molar-refractivity contribution in [3.05, 3.63) is 78.0 Å². The van der Waals surface area contributed by atoms with Gasteiger partial charge >= 0.3 is 0 Å². The van der Waals surface area contributed by atoms with Gasteiger partial charge in [-0.3, -0.25) is 14.9 Å². The number of nitrogens with zero attached hydrogens (tertiary/aromatic N) is 3. The molecular weight excluding hydrogens is 372 g/mol. The molecule has 0 amide bonds. The normalized spacial score (nSPS) is 18.0. The average molecular weight is 405 g/mol. The number of hydrogen-bond acceptors (Lipinski definition) is 4. The van der Waals surface area contributed by atoms with Crippen LogP contribution in [-0.2, 0) is 13.0 Å². The molecule has 30 heavy (non-hydrogen) atoms. The first-order valence-corrected chi connectivity index (χ1v) is 11.0. The van der Waals surface area contributed by atoms with Crippen molar-refractivity contribution in [2.75, 3.05) is 32.8 Å². The van der Waals surface area contributed by atoms with Crippen LogP contribution in [0, 0.1) is 0 Å². The van der Waals surface area contributed by atoms with E-state index < -0.39 is 0 Å². The highest BCUT2D eigenvalue weighted by molar-refractivity contribution is 5.62. The van der Waals surface area contributed by atoms with E-state index >= 15 is 0 Å². The van der Waals surface area contributed by atoms with Crippen LogP contribution in [0.5, 0.6) is 0 Å². The van der Waals surface area contributed by atoms with Crippen molar-refractivity contribution in [1.29, 1.82) is 0 Å². The van der Waals surface area contributed by atoms with Gasteiger partial charge in [-0.15, -0.1) is 0 Å². The Morgan fingerprint density at radius 3 is 2.53 bits per heavy atom. The molecule has 1 aliphatic rings. The zero-order chi connectivity index (χ0) is 20.6. The predicted octanol–water partition coefficient (Wildman–Crippen LogP) is 3.58. The van der Waals surface area contributed by atoms with Crippen molar-refractivity contribution in [2.24, 2.45) is 0 Å². The van der Waals surface area contributed by atoms with Crippen LogP contribution in [-0.4, -0.2) is 63.9 Å². The zero-order valence-corrected chi connectivity index (χ0v) is 17.6. The van der Waals surface area contributed by atoms with Crippen LogP contribution in [0.15, 0.2) is 66.9 Å². The fourth-order valence-corrected chi connectivity index (χ4v) is 4.48. The van der Waals surface area contributed by atoms with Crippen LogP contribution in [0.1, 0.15) is 24.0 Å². The molecule has 0 saturated carbocycles. The Balaban J connectivity index is 1.34. The van der Waals surface area contributed by atoms with Gasteiger partial charge in [0, 0.05) is 44.4 Å². The van der Waals surface area contributed by atoms with E-state index in [0.29, 0.717) is 6.04 Å². The first-order valence-electron chi connectivity index (χ1n) is 11.0. The summed E-state index contributed by atoms with van der Waals surface area (Å²) in [6.07, 6.45) is 5.06. The van der Waals surface area contributed by atoms with Crippen LogP contribution in [0.25, 0.3) is 11.3 Å². The predicted molar refractivity (Wildman–Crippen MR) is 121 cm³/mol. The van der Waals surface area contributed by atoms with Crippen molar-refractivity contribution in [3.8, 4) is 11.3 Å². The second kappa shape index (κ2) is 10.5. The molecule has 3 aromatic rings. The number of hydrogen-bond donors (Lipinski definition) is 2. The van der Waals surface area contributed by atoms with Gasteiger partial charge in [0.15, 0.2) is 0 Å². The van der Waals surface area contributed by atoms with Gasteiger partial charge in [0.1, 0.15) is 0 Å². The minimum absolute atomic E-state index is 0.245. The molecular formula is C25H32N4O. The Bertz CT molecular complexity index is 880. The van der Waals surface area contributed by atoms with E-state index in [9.17, 15) is 5.11 Å². The molecule has 2 N–H and O–H groups in total. The standard InChI is InChI=1S/C25H32N4O/c30-17-13-24-20-28(15-16-29(24)14-7-10-21-8-3-1-4-9-21)19-23-18-26-27-25(23)22-11-5-2-6-12-22/h1-6,8-9,11-12,18,24,30H,7,10,13-17,19-20H2,(H,26,27)/t24-/m1/s1. The van der Waals surface area contributed by atoms with Gasteiger partial charge in [0.2, 0.25) is 0 Å². The highest BCUT2D eigenvalue weighted by Crippen LogP contribution is 2.23. The lowest BCUT2D eigenvalue weighted by atomic mass is 10.0. The molecule has 1 fully saturated rings. The summed E-state index contributed by atoms with van der Waals surface area (Å²) in [6.45, 7) is 5.32. The van der Waals surface area contributed by atoms with Crippen LogP contribution in [0.4, 0.5) is 0 Å². The number of rotatable bonds is 9. The van der Waals surface area contributed by atoms with Crippen molar-refractivity contribution in [2.45, 2.75) is 31.8 Å². The largest absolute Gasteiger partial charge is 0.396 e. The van der Waals surface area contributed by atoms with Crippen LogP contribution >= 0.6 is 0 Å². The Labute approximate surface area is 179 Å².